The number of esters is 1. The monoisotopic (exact) mass is 482 g/mol. The third-order valence-corrected chi connectivity index (χ3v) is 5.43. The number of hydrogen-bond donors (Lipinski definition) is 0. The van der Waals surface area contributed by atoms with E-state index in [4.69, 9.17) is 21.1 Å². The van der Waals surface area contributed by atoms with Gasteiger partial charge in [0.05, 0.1) is 29.7 Å². The number of carbonyl (C=O) groups excluding carboxylic acids is 1. The van der Waals surface area contributed by atoms with Gasteiger partial charge in [-0.25, -0.2) is 13.6 Å². The van der Waals surface area contributed by atoms with E-state index in [1.165, 1.54) is 18.3 Å². The Kier molecular flexibility index (Phi) is 6.93. The maximum absolute atomic E-state index is 14.1. The first-order valence-electron chi connectivity index (χ1n) is 10.5. The van der Waals surface area contributed by atoms with Crippen LogP contribution in [0.2, 0.25) is 5.02 Å². The van der Waals surface area contributed by atoms with Crippen molar-refractivity contribution in [1.29, 1.82) is 0 Å². The van der Waals surface area contributed by atoms with E-state index >= 15 is 0 Å². The van der Waals surface area contributed by atoms with Gasteiger partial charge < -0.3 is 14.0 Å². The Morgan fingerprint density at radius 1 is 1.09 bits per heavy atom. The minimum atomic E-state index is -0.683. The molecule has 0 unspecified atom stereocenters. The first-order chi connectivity index (χ1) is 16.4. The second-order valence-corrected chi connectivity index (χ2v) is 7.97. The molecule has 4 rings (SSSR count). The molecule has 34 heavy (non-hydrogen) atoms. The standard InChI is InChI=1S/C26H21ClF2N2O3/c1-3-33-26(32)18-10-21(14-30-13-18)31-9-8-16(2)25(31)22-11-19(27)5-7-24(22)34-15-17-4-6-20(28)12-23(17)29/h4-14H,3,15H2,1-2H3. The van der Waals surface area contributed by atoms with E-state index in [1.54, 1.807) is 37.4 Å². The fraction of sp³-hybridized carbons (Fsp3) is 0.154. The van der Waals surface area contributed by atoms with Crippen molar-refractivity contribution in [3.63, 3.8) is 0 Å². The Morgan fingerprint density at radius 2 is 1.91 bits per heavy atom. The summed E-state index contributed by atoms with van der Waals surface area (Å²) in [6.07, 6.45) is 4.92. The zero-order chi connectivity index (χ0) is 24.2. The summed E-state index contributed by atoms with van der Waals surface area (Å²) < 4.78 is 40.2. The number of rotatable bonds is 7. The lowest BCUT2D eigenvalue weighted by atomic mass is 10.1. The maximum atomic E-state index is 14.1. The molecule has 2 aromatic heterocycles. The number of halogens is 3. The zero-order valence-electron chi connectivity index (χ0n) is 18.5. The Labute approximate surface area is 200 Å². The van der Waals surface area contributed by atoms with E-state index in [0.29, 0.717) is 27.6 Å². The van der Waals surface area contributed by atoms with E-state index in [0.717, 1.165) is 17.3 Å². The SMILES string of the molecule is CCOC(=O)c1cncc(-n2ccc(C)c2-c2cc(Cl)ccc2OCc2ccc(F)cc2F)c1. The molecule has 174 valence electrons. The number of aromatic nitrogens is 2. The van der Waals surface area contributed by atoms with Crippen LogP contribution in [0.4, 0.5) is 8.78 Å². The summed E-state index contributed by atoms with van der Waals surface area (Å²) >= 11 is 6.31. The summed E-state index contributed by atoms with van der Waals surface area (Å²) in [7, 11) is 0. The van der Waals surface area contributed by atoms with E-state index in [-0.39, 0.29) is 18.8 Å². The molecule has 4 aromatic rings. The van der Waals surface area contributed by atoms with Crippen LogP contribution in [0, 0.1) is 18.6 Å². The smallest absolute Gasteiger partial charge is 0.339 e. The van der Waals surface area contributed by atoms with Crippen molar-refractivity contribution in [2.75, 3.05) is 6.61 Å². The van der Waals surface area contributed by atoms with Crippen LogP contribution >= 0.6 is 11.6 Å². The molecule has 0 fully saturated rings. The molecule has 0 atom stereocenters. The fourth-order valence-corrected chi connectivity index (χ4v) is 3.75. The number of nitrogens with zero attached hydrogens (tertiary/aromatic N) is 2. The molecule has 0 N–H and O–H groups in total. The summed E-state index contributed by atoms with van der Waals surface area (Å²) in [6, 6.07) is 12.1. The van der Waals surface area contributed by atoms with Gasteiger partial charge in [-0.1, -0.05) is 11.6 Å². The second kappa shape index (κ2) is 10.1. The van der Waals surface area contributed by atoms with Crippen molar-refractivity contribution in [2.24, 2.45) is 0 Å². The summed E-state index contributed by atoms with van der Waals surface area (Å²) in [4.78, 5) is 16.4. The van der Waals surface area contributed by atoms with Crippen molar-refractivity contribution in [3.8, 4) is 22.7 Å². The van der Waals surface area contributed by atoms with E-state index in [1.807, 2.05) is 23.8 Å². The quantitative estimate of drug-likeness (QED) is 0.281. The molecule has 0 radical (unpaired) electrons. The van der Waals surface area contributed by atoms with Crippen LogP contribution in [0.3, 0.4) is 0 Å². The minimum Gasteiger partial charge on any atom is -0.488 e. The van der Waals surface area contributed by atoms with Crippen molar-refractivity contribution >= 4 is 17.6 Å². The normalized spacial score (nSPS) is 10.9. The molecule has 0 saturated heterocycles. The third kappa shape index (κ3) is 4.94. The number of hydrogen-bond acceptors (Lipinski definition) is 4. The Balaban J connectivity index is 1.74. The van der Waals surface area contributed by atoms with Crippen molar-refractivity contribution in [3.05, 3.63) is 100 Å². The van der Waals surface area contributed by atoms with Gasteiger partial charge in [-0.2, -0.15) is 0 Å². The lowest BCUT2D eigenvalue weighted by Crippen LogP contribution is -2.07. The molecule has 0 spiro atoms. The van der Waals surface area contributed by atoms with Crippen LogP contribution in [-0.2, 0) is 11.3 Å². The van der Waals surface area contributed by atoms with Gasteiger partial charge >= 0.3 is 5.97 Å². The van der Waals surface area contributed by atoms with E-state index in [2.05, 4.69) is 4.98 Å². The average molecular weight is 483 g/mol. The highest BCUT2D eigenvalue weighted by molar-refractivity contribution is 6.31. The Bertz CT molecular complexity index is 1350. The van der Waals surface area contributed by atoms with Crippen LogP contribution in [0.5, 0.6) is 5.75 Å². The Morgan fingerprint density at radius 3 is 2.68 bits per heavy atom. The van der Waals surface area contributed by atoms with Gasteiger partial charge in [0.2, 0.25) is 0 Å². The van der Waals surface area contributed by atoms with Gasteiger partial charge in [0, 0.05) is 34.6 Å². The molecule has 0 saturated carbocycles. The van der Waals surface area contributed by atoms with Gasteiger partial charge in [-0.3, -0.25) is 4.98 Å². The van der Waals surface area contributed by atoms with Crippen LogP contribution in [0.25, 0.3) is 16.9 Å². The molecule has 2 aromatic carbocycles. The Hall–Kier alpha value is -3.71. The van der Waals surface area contributed by atoms with Crippen LogP contribution in [0.15, 0.2) is 67.1 Å². The highest BCUT2D eigenvalue weighted by Gasteiger charge is 2.18. The molecular formula is C26H21ClF2N2O3. The van der Waals surface area contributed by atoms with Crippen LogP contribution in [0.1, 0.15) is 28.4 Å². The van der Waals surface area contributed by atoms with E-state index in [9.17, 15) is 13.6 Å². The van der Waals surface area contributed by atoms with Crippen LogP contribution in [-0.4, -0.2) is 22.1 Å². The highest BCUT2D eigenvalue weighted by Crippen LogP contribution is 2.37. The second-order valence-electron chi connectivity index (χ2n) is 7.53. The average Bonchev–Trinajstić information content (AvgIpc) is 3.20. The summed E-state index contributed by atoms with van der Waals surface area (Å²) in [5.41, 5.74) is 3.54. The number of pyridine rings is 1. The zero-order valence-corrected chi connectivity index (χ0v) is 19.3. The molecule has 0 bridgehead atoms. The highest BCUT2D eigenvalue weighted by atomic mass is 35.5. The van der Waals surface area contributed by atoms with Gasteiger partial charge in [0.25, 0.3) is 0 Å². The van der Waals surface area contributed by atoms with Gasteiger partial charge in [-0.15, -0.1) is 0 Å². The first kappa shape index (κ1) is 23.4. The number of aryl methyl sites for hydroxylation is 1. The summed E-state index contributed by atoms with van der Waals surface area (Å²) in [5, 5.41) is 0.487. The lowest BCUT2D eigenvalue weighted by Gasteiger charge is -2.16. The fourth-order valence-electron chi connectivity index (χ4n) is 3.58. The molecule has 2 heterocycles. The van der Waals surface area contributed by atoms with Crippen molar-refractivity contribution in [2.45, 2.75) is 20.5 Å². The summed E-state index contributed by atoms with van der Waals surface area (Å²) in [5.74, 6) is -1.33. The van der Waals surface area contributed by atoms with Crippen molar-refractivity contribution < 1.29 is 23.0 Å². The lowest BCUT2D eigenvalue weighted by molar-refractivity contribution is 0.0526. The topological polar surface area (TPSA) is 53.3 Å². The molecule has 0 aliphatic heterocycles. The number of ether oxygens (including phenoxy) is 2. The van der Waals surface area contributed by atoms with Gasteiger partial charge in [0.15, 0.2) is 0 Å². The predicted octanol–water partition coefficient (Wildman–Crippen LogP) is 6.54. The minimum absolute atomic E-state index is 0.0968. The molecular weight excluding hydrogens is 462 g/mol. The number of benzene rings is 2. The number of carbonyl (C=O) groups is 1. The molecule has 8 heteroatoms. The van der Waals surface area contributed by atoms with Crippen LogP contribution < -0.4 is 4.74 Å². The maximum Gasteiger partial charge on any atom is 0.339 e. The molecule has 5 nitrogen and oxygen atoms in total. The molecule has 0 aliphatic rings. The van der Waals surface area contributed by atoms with Gasteiger partial charge in [0.1, 0.15) is 24.0 Å². The molecule has 0 aliphatic carbocycles. The van der Waals surface area contributed by atoms with Gasteiger partial charge in [-0.05, 0) is 61.9 Å². The largest absolute Gasteiger partial charge is 0.488 e. The predicted molar refractivity (Wildman–Crippen MR) is 125 cm³/mol. The third-order valence-electron chi connectivity index (χ3n) is 5.20. The van der Waals surface area contributed by atoms with Crippen molar-refractivity contribution in [1.82, 2.24) is 9.55 Å². The first-order valence-corrected chi connectivity index (χ1v) is 10.9. The molecule has 0 amide bonds. The summed E-state index contributed by atoms with van der Waals surface area (Å²) in [6.45, 7) is 3.83. The van der Waals surface area contributed by atoms with E-state index < -0.39 is 17.6 Å².